The average Bonchev–Trinajstić information content (AvgIpc) is 3.16. The predicted octanol–water partition coefficient (Wildman–Crippen LogP) is 5.02. The number of rotatable bonds is 6. The van der Waals surface area contributed by atoms with Crippen molar-refractivity contribution in [1.82, 2.24) is 9.88 Å². The Balaban J connectivity index is 0.00000171. The van der Waals surface area contributed by atoms with Crippen LogP contribution >= 0.6 is 24.8 Å². The molecule has 0 aliphatic carbocycles. The van der Waals surface area contributed by atoms with Gasteiger partial charge in [0.25, 0.3) is 0 Å². The fourth-order valence-electron chi connectivity index (χ4n) is 5.83. The van der Waals surface area contributed by atoms with Crippen molar-refractivity contribution in [2.75, 3.05) is 26.2 Å². The number of fused-ring (bicyclic) bond motifs is 2. The molecule has 2 aromatic carbocycles. The van der Waals surface area contributed by atoms with Crippen LogP contribution in [-0.2, 0) is 17.6 Å². The highest BCUT2D eigenvalue weighted by molar-refractivity contribution is 5.86. The number of hydrogen-bond acceptors (Lipinski definition) is 5. The standard InChI is InChI=1S/C27H35N3O3.2ClH/c1-17-19(20-5-2-3-7-23(20)29-17)6-4-12-30-13-10-18(11-14-30)25-15-22-21(26(16-28)33-25)8-9-24(31)27(22)32;;/h2-3,5,7-9,18,25-26,29,31-32H,4,6,10-16,28H2,1H3;2*1H/t25-,26-;;/m1../s1. The third kappa shape index (κ3) is 5.57. The van der Waals surface area contributed by atoms with E-state index in [0.29, 0.717) is 18.9 Å². The van der Waals surface area contributed by atoms with Crippen molar-refractivity contribution in [3.05, 3.63) is 58.8 Å². The first kappa shape index (κ1) is 27.6. The molecule has 0 amide bonds. The van der Waals surface area contributed by atoms with Gasteiger partial charge in [-0.25, -0.2) is 0 Å². The highest BCUT2D eigenvalue weighted by Crippen LogP contribution is 2.42. The molecular weight excluding hydrogens is 485 g/mol. The Bertz CT molecular complexity index is 1130. The van der Waals surface area contributed by atoms with Gasteiger partial charge in [0.05, 0.1) is 12.2 Å². The highest BCUT2D eigenvalue weighted by Gasteiger charge is 2.35. The van der Waals surface area contributed by atoms with Gasteiger partial charge in [-0.15, -0.1) is 24.8 Å². The molecule has 3 heterocycles. The van der Waals surface area contributed by atoms with Gasteiger partial charge in [0.1, 0.15) is 0 Å². The molecular formula is C27H37Cl2N3O3. The number of nitrogens with zero attached hydrogens (tertiary/aromatic N) is 1. The van der Waals surface area contributed by atoms with Gasteiger partial charge in [-0.3, -0.25) is 0 Å². The summed E-state index contributed by atoms with van der Waals surface area (Å²) < 4.78 is 6.38. The second-order valence-electron chi connectivity index (χ2n) is 9.66. The van der Waals surface area contributed by atoms with Gasteiger partial charge in [-0.1, -0.05) is 24.3 Å². The van der Waals surface area contributed by atoms with Gasteiger partial charge in [0.2, 0.25) is 0 Å². The molecule has 35 heavy (non-hydrogen) atoms. The summed E-state index contributed by atoms with van der Waals surface area (Å²) in [5.41, 5.74) is 11.7. The van der Waals surface area contributed by atoms with E-state index in [1.807, 2.05) is 6.07 Å². The second kappa shape index (κ2) is 11.8. The van der Waals surface area contributed by atoms with Crippen molar-refractivity contribution in [3.63, 3.8) is 0 Å². The Kier molecular flexibility index (Phi) is 9.35. The van der Waals surface area contributed by atoms with Gasteiger partial charge in [-0.2, -0.15) is 0 Å². The van der Waals surface area contributed by atoms with E-state index in [0.717, 1.165) is 56.4 Å². The van der Waals surface area contributed by atoms with E-state index in [-0.39, 0.29) is 48.5 Å². The lowest BCUT2D eigenvalue weighted by Gasteiger charge is -2.40. The Morgan fingerprint density at radius 2 is 1.83 bits per heavy atom. The summed E-state index contributed by atoms with van der Waals surface area (Å²) in [6, 6.07) is 11.9. The van der Waals surface area contributed by atoms with E-state index in [1.165, 1.54) is 28.2 Å². The third-order valence-electron chi connectivity index (χ3n) is 7.69. The Morgan fingerprint density at radius 1 is 1.09 bits per heavy atom. The summed E-state index contributed by atoms with van der Waals surface area (Å²) >= 11 is 0. The van der Waals surface area contributed by atoms with Crippen LogP contribution in [0.1, 0.15) is 47.8 Å². The largest absolute Gasteiger partial charge is 0.504 e. The Hall–Kier alpha value is -1.96. The molecule has 6 nitrogen and oxygen atoms in total. The topological polar surface area (TPSA) is 94.7 Å². The maximum atomic E-state index is 10.4. The molecule has 0 spiro atoms. The number of nitrogens with one attached hydrogen (secondary N) is 1. The maximum absolute atomic E-state index is 10.4. The molecule has 2 atom stereocenters. The van der Waals surface area contributed by atoms with Crippen LogP contribution in [0, 0.1) is 12.8 Å². The number of aryl methyl sites for hydroxylation is 2. The van der Waals surface area contributed by atoms with Crippen LogP contribution in [0.15, 0.2) is 36.4 Å². The lowest BCUT2D eigenvalue weighted by atomic mass is 9.83. The van der Waals surface area contributed by atoms with Crippen molar-refractivity contribution >= 4 is 35.7 Å². The molecule has 2 aliphatic rings. The van der Waals surface area contributed by atoms with E-state index in [2.05, 4.69) is 41.1 Å². The van der Waals surface area contributed by atoms with Crippen LogP contribution in [-0.4, -0.2) is 52.4 Å². The molecule has 8 heteroatoms. The highest BCUT2D eigenvalue weighted by atomic mass is 35.5. The number of aromatic nitrogens is 1. The molecule has 1 fully saturated rings. The van der Waals surface area contributed by atoms with Crippen LogP contribution in [0.25, 0.3) is 10.9 Å². The minimum atomic E-state index is -0.220. The number of phenolic OH excluding ortho intramolecular Hbond substituents is 2. The molecule has 1 saturated heterocycles. The summed E-state index contributed by atoms with van der Waals surface area (Å²) in [4.78, 5) is 6.08. The number of aromatic hydroxyl groups is 2. The van der Waals surface area contributed by atoms with Crippen LogP contribution in [0.5, 0.6) is 11.5 Å². The van der Waals surface area contributed by atoms with Gasteiger partial charge in [-0.05, 0) is 81.4 Å². The van der Waals surface area contributed by atoms with E-state index in [9.17, 15) is 10.2 Å². The van der Waals surface area contributed by atoms with E-state index < -0.39 is 0 Å². The number of H-pyrrole nitrogens is 1. The minimum absolute atomic E-state index is 0. The summed E-state index contributed by atoms with van der Waals surface area (Å²) in [5.74, 6) is 0.371. The number of ether oxygens (including phenoxy) is 1. The first-order chi connectivity index (χ1) is 16.0. The molecule has 0 radical (unpaired) electrons. The Morgan fingerprint density at radius 3 is 2.57 bits per heavy atom. The van der Waals surface area contributed by atoms with Crippen LogP contribution in [0.3, 0.4) is 0 Å². The van der Waals surface area contributed by atoms with Crippen molar-refractivity contribution in [2.45, 2.75) is 51.2 Å². The van der Waals surface area contributed by atoms with Gasteiger partial charge in [0.15, 0.2) is 11.5 Å². The van der Waals surface area contributed by atoms with E-state index in [4.69, 9.17) is 10.5 Å². The lowest BCUT2D eigenvalue weighted by molar-refractivity contribution is -0.0647. The molecule has 3 aromatic rings. The number of para-hydroxylation sites is 1. The maximum Gasteiger partial charge on any atom is 0.161 e. The molecule has 0 bridgehead atoms. The predicted molar refractivity (Wildman–Crippen MR) is 145 cm³/mol. The van der Waals surface area contributed by atoms with E-state index in [1.54, 1.807) is 0 Å². The van der Waals surface area contributed by atoms with Crippen molar-refractivity contribution in [1.29, 1.82) is 0 Å². The van der Waals surface area contributed by atoms with Gasteiger partial charge < -0.3 is 30.6 Å². The number of hydrogen-bond donors (Lipinski definition) is 4. The number of aromatic amines is 1. The van der Waals surface area contributed by atoms with Crippen LogP contribution in [0.4, 0.5) is 0 Å². The van der Waals surface area contributed by atoms with Crippen LogP contribution in [0.2, 0.25) is 0 Å². The molecule has 192 valence electrons. The molecule has 1 aromatic heterocycles. The quantitative estimate of drug-likeness (QED) is 0.341. The normalized spacial score (nSPS) is 20.7. The average molecular weight is 523 g/mol. The van der Waals surface area contributed by atoms with Gasteiger partial charge in [0, 0.05) is 35.1 Å². The molecule has 0 saturated carbocycles. The molecule has 0 unspecified atom stereocenters. The number of nitrogens with two attached hydrogens (primary N) is 1. The van der Waals surface area contributed by atoms with Crippen molar-refractivity contribution < 1.29 is 14.9 Å². The first-order valence-corrected chi connectivity index (χ1v) is 12.2. The number of phenols is 2. The minimum Gasteiger partial charge on any atom is -0.504 e. The smallest absolute Gasteiger partial charge is 0.161 e. The molecule has 5 N–H and O–H groups in total. The Labute approximate surface area is 219 Å². The first-order valence-electron chi connectivity index (χ1n) is 12.2. The zero-order valence-corrected chi connectivity index (χ0v) is 21.8. The van der Waals surface area contributed by atoms with Crippen molar-refractivity contribution in [3.8, 4) is 11.5 Å². The zero-order valence-electron chi connectivity index (χ0n) is 20.2. The molecule has 5 rings (SSSR count). The number of likely N-dealkylation sites (tertiary alicyclic amines) is 1. The summed E-state index contributed by atoms with van der Waals surface area (Å²) in [5, 5.41) is 21.7. The number of benzene rings is 2. The third-order valence-corrected chi connectivity index (χ3v) is 7.69. The summed E-state index contributed by atoms with van der Waals surface area (Å²) in [7, 11) is 0. The van der Waals surface area contributed by atoms with Crippen molar-refractivity contribution in [2.24, 2.45) is 11.7 Å². The number of piperidine rings is 1. The van der Waals surface area contributed by atoms with Crippen LogP contribution < -0.4 is 5.73 Å². The van der Waals surface area contributed by atoms with Gasteiger partial charge >= 0.3 is 0 Å². The monoisotopic (exact) mass is 521 g/mol. The SMILES string of the molecule is Cc1[nH]c2ccccc2c1CCCN1CCC([C@H]2Cc3c(ccc(O)c3O)[C@@H](CN)O2)CC1.Cl.Cl. The second-order valence-corrected chi connectivity index (χ2v) is 9.66. The zero-order chi connectivity index (χ0) is 22.9. The summed E-state index contributed by atoms with van der Waals surface area (Å²) in [6.07, 6.45) is 4.88. The fourth-order valence-corrected chi connectivity index (χ4v) is 5.83. The summed E-state index contributed by atoms with van der Waals surface area (Å²) in [6.45, 7) is 5.81. The fraction of sp³-hybridized carbons (Fsp3) is 0.481. The molecule has 2 aliphatic heterocycles. The number of halogens is 2. The lowest BCUT2D eigenvalue weighted by Crippen LogP contribution is -2.42. The van der Waals surface area contributed by atoms with E-state index >= 15 is 0 Å².